The number of aryl methyl sites for hydroxylation is 1. The first-order valence-corrected chi connectivity index (χ1v) is 7.03. The van der Waals surface area contributed by atoms with Crippen LogP contribution in [0.5, 0.6) is 0 Å². The standard InChI is InChI=1S/C16H23N3O/c1-12(2)18(3)10-9-17-14-11-16(20)19(4)15-8-6-5-7-13(14)15/h5-8,11-12,17H,9-10H2,1-4H3. The Morgan fingerprint density at radius 2 is 2.00 bits per heavy atom. The fraction of sp³-hybridized carbons (Fsp3) is 0.438. The van der Waals surface area contributed by atoms with E-state index >= 15 is 0 Å². The van der Waals surface area contributed by atoms with Gasteiger partial charge in [-0.25, -0.2) is 0 Å². The van der Waals surface area contributed by atoms with Crippen molar-refractivity contribution in [2.24, 2.45) is 7.05 Å². The summed E-state index contributed by atoms with van der Waals surface area (Å²) in [6.45, 7) is 6.12. The zero-order valence-corrected chi connectivity index (χ0v) is 12.7. The third-order valence-corrected chi connectivity index (χ3v) is 3.82. The van der Waals surface area contributed by atoms with Gasteiger partial charge in [-0.2, -0.15) is 0 Å². The molecule has 0 aliphatic carbocycles. The lowest BCUT2D eigenvalue weighted by Gasteiger charge is -2.21. The van der Waals surface area contributed by atoms with Gasteiger partial charge in [-0.05, 0) is 27.0 Å². The van der Waals surface area contributed by atoms with E-state index in [0.29, 0.717) is 6.04 Å². The number of rotatable bonds is 5. The minimum atomic E-state index is 0.0171. The topological polar surface area (TPSA) is 37.3 Å². The van der Waals surface area contributed by atoms with Crippen LogP contribution in [-0.2, 0) is 7.05 Å². The monoisotopic (exact) mass is 273 g/mol. The van der Waals surface area contributed by atoms with Gasteiger partial charge < -0.3 is 14.8 Å². The van der Waals surface area contributed by atoms with Crippen LogP contribution in [0.15, 0.2) is 35.1 Å². The van der Waals surface area contributed by atoms with Crippen LogP contribution in [0.4, 0.5) is 5.69 Å². The highest BCUT2D eigenvalue weighted by atomic mass is 16.1. The highest BCUT2D eigenvalue weighted by molar-refractivity contribution is 5.91. The molecule has 0 atom stereocenters. The Bertz CT molecular complexity index is 646. The Hall–Kier alpha value is -1.81. The lowest BCUT2D eigenvalue weighted by Crippen LogP contribution is -2.31. The number of benzene rings is 1. The summed E-state index contributed by atoms with van der Waals surface area (Å²) >= 11 is 0. The molecule has 0 saturated heterocycles. The molecular formula is C16H23N3O. The second kappa shape index (κ2) is 6.09. The molecule has 2 aromatic rings. The second-order valence-corrected chi connectivity index (χ2v) is 5.47. The van der Waals surface area contributed by atoms with E-state index in [1.54, 1.807) is 17.7 Å². The summed E-state index contributed by atoms with van der Waals surface area (Å²) < 4.78 is 1.68. The van der Waals surface area contributed by atoms with Crippen molar-refractivity contribution in [3.8, 4) is 0 Å². The van der Waals surface area contributed by atoms with E-state index in [1.807, 2.05) is 24.3 Å². The van der Waals surface area contributed by atoms with Crippen LogP contribution in [0.1, 0.15) is 13.8 Å². The molecule has 2 rings (SSSR count). The van der Waals surface area contributed by atoms with Crippen LogP contribution in [0.2, 0.25) is 0 Å². The molecule has 0 unspecified atom stereocenters. The molecule has 1 N–H and O–H groups in total. The summed E-state index contributed by atoms with van der Waals surface area (Å²) in [4.78, 5) is 14.2. The molecule has 4 heteroatoms. The minimum absolute atomic E-state index is 0.0171. The lowest BCUT2D eigenvalue weighted by atomic mass is 10.2. The summed E-state index contributed by atoms with van der Waals surface area (Å²) in [5.41, 5.74) is 1.89. The van der Waals surface area contributed by atoms with Crippen LogP contribution in [0.25, 0.3) is 10.9 Å². The van der Waals surface area contributed by atoms with Gasteiger partial charge in [0.1, 0.15) is 0 Å². The number of hydrogen-bond donors (Lipinski definition) is 1. The van der Waals surface area contributed by atoms with Crippen molar-refractivity contribution in [3.63, 3.8) is 0 Å². The molecule has 0 radical (unpaired) electrons. The Labute approximate surface area is 120 Å². The van der Waals surface area contributed by atoms with Gasteiger partial charge in [0.15, 0.2) is 0 Å². The maximum absolute atomic E-state index is 12.0. The van der Waals surface area contributed by atoms with Gasteiger partial charge in [-0.1, -0.05) is 18.2 Å². The first-order chi connectivity index (χ1) is 9.50. The number of hydrogen-bond acceptors (Lipinski definition) is 3. The normalized spacial score (nSPS) is 11.5. The summed E-state index contributed by atoms with van der Waals surface area (Å²) in [7, 11) is 3.91. The van der Waals surface area contributed by atoms with E-state index in [-0.39, 0.29) is 5.56 Å². The quantitative estimate of drug-likeness (QED) is 0.908. The fourth-order valence-electron chi connectivity index (χ4n) is 2.18. The molecule has 0 fully saturated rings. The predicted molar refractivity (Wildman–Crippen MR) is 85.4 cm³/mol. The maximum atomic E-state index is 12.0. The number of fused-ring (bicyclic) bond motifs is 1. The van der Waals surface area contributed by atoms with Crippen molar-refractivity contribution in [2.75, 3.05) is 25.5 Å². The van der Waals surface area contributed by atoms with E-state index in [4.69, 9.17) is 0 Å². The summed E-state index contributed by atoms with van der Waals surface area (Å²) in [5.74, 6) is 0. The maximum Gasteiger partial charge on any atom is 0.252 e. The molecule has 1 heterocycles. The zero-order chi connectivity index (χ0) is 14.7. The number of likely N-dealkylation sites (N-methyl/N-ethyl adjacent to an activating group) is 1. The highest BCUT2D eigenvalue weighted by Gasteiger charge is 2.07. The van der Waals surface area contributed by atoms with E-state index < -0.39 is 0 Å². The van der Waals surface area contributed by atoms with Crippen LogP contribution in [0, 0.1) is 0 Å². The van der Waals surface area contributed by atoms with Gasteiger partial charge in [0, 0.05) is 43.3 Å². The van der Waals surface area contributed by atoms with Gasteiger partial charge in [0.05, 0.1) is 5.52 Å². The van der Waals surface area contributed by atoms with Crippen molar-refractivity contribution >= 4 is 16.6 Å². The van der Waals surface area contributed by atoms with Crippen LogP contribution >= 0.6 is 0 Å². The Morgan fingerprint density at radius 3 is 2.70 bits per heavy atom. The third kappa shape index (κ3) is 3.02. The molecule has 108 valence electrons. The summed E-state index contributed by atoms with van der Waals surface area (Å²) in [5, 5.41) is 4.47. The van der Waals surface area contributed by atoms with Crippen LogP contribution in [-0.4, -0.2) is 35.6 Å². The van der Waals surface area contributed by atoms with Crippen molar-refractivity contribution in [3.05, 3.63) is 40.7 Å². The molecule has 0 aliphatic rings. The number of para-hydroxylation sites is 1. The summed E-state index contributed by atoms with van der Waals surface area (Å²) in [6.07, 6.45) is 0. The molecule has 0 spiro atoms. The largest absolute Gasteiger partial charge is 0.383 e. The van der Waals surface area contributed by atoms with Crippen molar-refractivity contribution in [2.45, 2.75) is 19.9 Å². The number of anilines is 1. The number of pyridine rings is 1. The molecule has 1 aromatic carbocycles. The molecule has 1 aromatic heterocycles. The third-order valence-electron chi connectivity index (χ3n) is 3.82. The van der Waals surface area contributed by atoms with Crippen LogP contribution < -0.4 is 10.9 Å². The highest BCUT2D eigenvalue weighted by Crippen LogP contribution is 2.20. The number of aromatic nitrogens is 1. The Morgan fingerprint density at radius 1 is 1.30 bits per heavy atom. The molecule has 4 nitrogen and oxygen atoms in total. The van der Waals surface area contributed by atoms with E-state index in [9.17, 15) is 4.79 Å². The number of nitrogens with one attached hydrogen (secondary N) is 1. The van der Waals surface area contributed by atoms with Gasteiger partial charge in [-0.3, -0.25) is 4.79 Å². The predicted octanol–water partition coefficient (Wildman–Crippen LogP) is 2.29. The molecule has 0 saturated carbocycles. The second-order valence-electron chi connectivity index (χ2n) is 5.47. The summed E-state index contributed by atoms with van der Waals surface area (Å²) in [6, 6.07) is 10.2. The van der Waals surface area contributed by atoms with Crippen molar-refractivity contribution < 1.29 is 0 Å². The lowest BCUT2D eigenvalue weighted by molar-refractivity contribution is 0.284. The average molecular weight is 273 g/mol. The zero-order valence-electron chi connectivity index (χ0n) is 12.7. The Kier molecular flexibility index (Phi) is 4.45. The van der Waals surface area contributed by atoms with Crippen molar-refractivity contribution in [1.29, 1.82) is 0 Å². The van der Waals surface area contributed by atoms with E-state index in [0.717, 1.165) is 29.7 Å². The van der Waals surface area contributed by atoms with Crippen LogP contribution in [0.3, 0.4) is 0 Å². The van der Waals surface area contributed by atoms with E-state index in [1.165, 1.54) is 0 Å². The first-order valence-electron chi connectivity index (χ1n) is 7.03. The fourth-order valence-corrected chi connectivity index (χ4v) is 2.18. The van der Waals surface area contributed by atoms with Gasteiger partial charge in [0.25, 0.3) is 5.56 Å². The molecule has 0 amide bonds. The van der Waals surface area contributed by atoms with Gasteiger partial charge >= 0.3 is 0 Å². The average Bonchev–Trinajstić information content (AvgIpc) is 2.44. The van der Waals surface area contributed by atoms with Gasteiger partial charge in [0.2, 0.25) is 0 Å². The molecule has 0 bridgehead atoms. The number of nitrogens with zero attached hydrogens (tertiary/aromatic N) is 2. The minimum Gasteiger partial charge on any atom is -0.383 e. The van der Waals surface area contributed by atoms with Crippen molar-refractivity contribution in [1.82, 2.24) is 9.47 Å². The first kappa shape index (κ1) is 14.6. The Balaban J connectivity index is 2.22. The molecule has 0 aliphatic heterocycles. The SMILES string of the molecule is CC(C)N(C)CCNc1cc(=O)n(C)c2ccccc12. The van der Waals surface area contributed by atoms with E-state index in [2.05, 4.69) is 31.1 Å². The molecule has 20 heavy (non-hydrogen) atoms. The molecular weight excluding hydrogens is 250 g/mol. The van der Waals surface area contributed by atoms with Gasteiger partial charge in [-0.15, -0.1) is 0 Å². The smallest absolute Gasteiger partial charge is 0.252 e.